The summed E-state index contributed by atoms with van der Waals surface area (Å²) in [4.78, 5) is 74.6. The number of carbonyl (C=O) groups is 6. The first-order valence-corrected chi connectivity index (χ1v) is 30.6. The minimum Gasteiger partial charge on any atom is -0.508 e. The van der Waals surface area contributed by atoms with Crippen molar-refractivity contribution in [3.63, 3.8) is 0 Å². The van der Waals surface area contributed by atoms with Crippen molar-refractivity contribution in [1.82, 2.24) is 0 Å². The van der Waals surface area contributed by atoms with Gasteiger partial charge in [-0.05, 0) is 200 Å². The van der Waals surface area contributed by atoms with Crippen molar-refractivity contribution >= 4 is 53.1 Å². The van der Waals surface area contributed by atoms with Crippen molar-refractivity contribution in [3.05, 3.63) is 352 Å². The number of nitrogens with zero attached hydrogens (tertiary/aromatic N) is 1. The maximum atomic E-state index is 11.1. The van der Waals surface area contributed by atoms with Crippen LogP contribution in [0.4, 0.5) is 5.69 Å². The number of halogens is 1. The molecule has 0 aliphatic heterocycles. The number of ether oxygens (including phenoxy) is 6. The predicted octanol–water partition coefficient (Wildman–Crippen LogP) is 19.0. The van der Waals surface area contributed by atoms with E-state index < -0.39 is 40.7 Å². The van der Waals surface area contributed by atoms with Gasteiger partial charge in [0.1, 0.15) is 91.6 Å². The Morgan fingerprint density at radius 1 is 0.311 bits per heavy atom. The van der Waals surface area contributed by atoms with Gasteiger partial charge in [0.05, 0.1) is 28.0 Å². The van der Waals surface area contributed by atoms with Crippen LogP contribution < -0.4 is 28.4 Å². The van der Waals surface area contributed by atoms with Crippen molar-refractivity contribution in [3.8, 4) is 80.5 Å². The minimum atomic E-state index is -1.31. The number of hydrogen-bond acceptors (Lipinski definition) is 16. The molecule has 8 N–H and O–H groups in total. The third-order valence-electron chi connectivity index (χ3n) is 13.2. The average molecular weight is 1410 g/mol. The SMILES string of the molecule is O=C(O)Cc1cccc(Oc2ccccc2)c1.O=C(O)c1cc([N+](=O)[O-])ccc1Oc1ccc(Cl)cc1.O=C(O)c1ccc(Oc2ccc(O)cc2)cc1.O=C(O)c1ccc(Oc2cccc(O)c2)cc1.O=C(O)c1cccc(Oc2ccccc2)c1.O=C(O)c1ccccc1Oc1ccccc1. The van der Waals surface area contributed by atoms with Gasteiger partial charge in [0.25, 0.3) is 5.69 Å². The molecule has 0 saturated heterocycles. The number of aromatic carboxylic acids is 5. The van der Waals surface area contributed by atoms with E-state index in [9.17, 15) is 44.0 Å². The Labute approximate surface area is 592 Å². The van der Waals surface area contributed by atoms with Crippen LogP contribution in [0.2, 0.25) is 5.02 Å². The summed E-state index contributed by atoms with van der Waals surface area (Å²) in [5.41, 5.74) is 0.919. The van der Waals surface area contributed by atoms with Crippen LogP contribution >= 0.6 is 11.6 Å². The minimum absolute atomic E-state index is 0.00594. The lowest BCUT2D eigenvalue weighted by molar-refractivity contribution is -0.384. The lowest BCUT2D eigenvalue weighted by Gasteiger charge is -2.08. The molecule has 0 amide bonds. The summed E-state index contributed by atoms with van der Waals surface area (Å²) in [5.74, 6) is 0.308. The summed E-state index contributed by atoms with van der Waals surface area (Å²) in [5, 5.41) is 82.5. The molecule has 0 unspecified atom stereocenters. The highest BCUT2D eigenvalue weighted by molar-refractivity contribution is 6.30. The van der Waals surface area contributed by atoms with Crippen LogP contribution in [0.3, 0.4) is 0 Å². The highest BCUT2D eigenvalue weighted by Crippen LogP contribution is 2.32. The van der Waals surface area contributed by atoms with Crippen LogP contribution in [0.15, 0.2) is 303 Å². The first-order valence-electron chi connectivity index (χ1n) is 30.2. The Hall–Kier alpha value is -14.5. The maximum Gasteiger partial charge on any atom is 0.339 e. The summed E-state index contributed by atoms with van der Waals surface area (Å²) in [7, 11) is 0. The molecule has 520 valence electrons. The summed E-state index contributed by atoms with van der Waals surface area (Å²) in [6, 6.07) is 82.2. The van der Waals surface area contributed by atoms with E-state index in [-0.39, 0.29) is 57.2 Å². The van der Waals surface area contributed by atoms with Crippen molar-refractivity contribution in [1.29, 1.82) is 0 Å². The number of carboxylic acid groups (broad SMARTS) is 6. The second kappa shape index (κ2) is 39.1. The molecule has 0 atom stereocenters. The van der Waals surface area contributed by atoms with Gasteiger partial charge in [-0.2, -0.15) is 0 Å². The highest BCUT2D eigenvalue weighted by Gasteiger charge is 2.18. The Morgan fingerprint density at radius 2 is 0.680 bits per heavy atom. The number of phenols is 2. The van der Waals surface area contributed by atoms with Crippen molar-refractivity contribution in [2.75, 3.05) is 0 Å². The van der Waals surface area contributed by atoms with Gasteiger partial charge in [-0.25, -0.2) is 24.0 Å². The van der Waals surface area contributed by atoms with Gasteiger partial charge in [0.2, 0.25) is 0 Å². The first-order chi connectivity index (χ1) is 49.5. The van der Waals surface area contributed by atoms with E-state index in [0.717, 1.165) is 17.4 Å². The molecule has 0 bridgehead atoms. The number of nitro benzene ring substituents is 1. The lowest BCUT2D eigenvalue weighted by Crippen LogP contribution is -2.01. The summed E-state index contributed by atoms with van der Waals surface area (Å²) < 4.78 is 32.9. The van der Waals surface area contributed by atoms with E-state index in [1.54, 1.807) is 146 Å². The number of phenolic OH excluding ortho intramolecular Hbond substituents is 2. The van der Waals surface area contributed by atoms with E-state index >= 15 is 0 Å². The fraction of sp³-hybridized carbons (Fsp3) is 0.0127. The topological polar surface area (TPSA) is 363 Å². The monoisotopic (exact) mass is 1410 g/mol. The number of para-hydroxylation sites is 4. The number of benzene rings is 12. The van der Waals surface area contributed by atoms with E-state index in [1.807, 2.05) is 78.9 Å². The van der Waals surface area contributed by atoms with Gasteiger partial charge in [-0.15, -0.1) is 0 Å². The van der Waals surface area contributed by atoms with Crippen LogP contribution in [0.5, 0.6) is 80.5 Å². The molecule has 12 aromatic rings. The Kier molecular flexibility index (Phi) is 28.8. The molecule has 0 heterocycles. The van der Waals surface area contributed by atoms with Gasteiger partial charge >= 0.3 is 35.8 Å². The molecule has 0 saturated carbocycles. The Morgan fingerprint density at radius 3 is 1.14 bits per heavy atom. The zero-order valence-electron chi connectivity index (χ0n) is 53.7. The molecule has 0 radical (unpaired) electrons. The number of nitro groups is 1. The molecule has 103 heavy (non-hydrogen) atoms. The zero-order valence-corrected chi connectivity index (χ0v) is 54.4. The van der Waals surface area contributed by atoms with Gasteiger partial charge < -0.3 is 69.3 Å². The van der Waals surface area contributed by atoms with Crippen LogP contribution in [-0.4, -0.2) is 81.6 Å². The normalized spacial score (nSPS) is 9.87. The third kappa shape index (κ3) is 26.5. The number of hydrogen-bond donors (Lipinski definition) is 8. The second-order valence-corrected chi connectivity index (χ2v) is 21.2. The molecule has 0 spiro atoms. The summed E-state index contributed by atoms with van der Waals surface area (Å²) in [6.07, 6.45) is 0.00594. The molecule has 12 aromatic carbocycles. The van der Waals surface area contributed by atoms with Crippen molar-refractivity contribution < 1.29 is 103 Å². The molecule has 0 fully saturated rings. The van der Waals surface area contributed by atoms with Crippen LogP contribution in [-0.2, 0) is 11.2 Å². The number of aromatic hydroxyl groups is 2. The van der Waals surface area contributed by atoms with Gasteiger partial charge in [-0.1, -0.05) is 103 Å². The predicted molar refractivity (Wildman–Crippen MR) is 379 cm³/mol. The van der Waals surface area contributed by atoms with E-state index in [4.69, 9.17) is 75.8 Å². The number of non-ortho nitro benzene ring substituents is 1. The van der Waals surface area contributed by atoms with Crippen molar-refractivity contribution in [2.24, 2.45) is 0 Å². The van der Waals surface area contributed by atoms with Crippen molar-refractivity contribution in [2.45, 2.75) is 6.42 Å². The Balaban J connectivity index is 0.000000173. The molecule has 23 nitrogen and oxygen atoms in total. The standard InChI is InChI=1S/C14H12O3.C13H8ClNO5.2C13H10O4.2C13H10O3/c15-14(16)10-11-5-4-8-13(9-11)17-12-6-2-1-3-7-12;14-8-1-4-10(5-2-8)20-12-6-3-9(15(18)19)7-11(12)13(16)17;14-10-3-7-12(8-4-10)17-11-5-1-9(2-6-11)13(15)16;14-10-2-1-3-12(8-10)17-11-6-4-9(5-7-11)13(15)16;14-13(15)10-5-4-8-12(9-10)16-11-6-2-1-3-7-11;14-13(15)11-8-4-5-9-12(11)16-10-6-2-1-3-7-10/h1-9H,10H2,(H,15,16);1-7H,(H,16,17);2*1-8,14H,(H,15,16);2*1-9H,(H,14,15). The maximum absolute atomic E-state index is 11.1. The fourth-order valence-electron chi connectivity index (χ4n) is 8.36. The van der Waals surface area contributed by atoms with Crippen LogP contribution in [0, 0.1) is 10.1 Å². The molecule has 12 rings (SSSR count). The summed E-state index contributed by atoms with van der Waals surface area (Å²) >= 11 is 5.73. The largest absolute Gasteiger partial charge is 0.508 e. The fourth-order valence-corrected chi connectivity index (χ4v) is 8.49. The number of carboxylic acids is 6. The lowest BCUT2D eigenvalue weighted by atomic mass is 10.1. The summed E-state index contributed by atoms with van der Waals surface area (Å²) in [6.45, 7) is 0. The molecular weight excluding hydrogens is 1350 g/mol. The number of rotatable bonds is 20. The second-order valence-electron chi connectivity index (χ2n) is 20.8. The molecule has 24 heteroatoms. The molecule has 0 aliphatic rings. The Bertz CT molecular complexity index is 4780. The zero-order chi connectivity index (χ0) is 74.0. The third-order valence-corrected chi connectivity index (χ3v) is 13.4. The van der Waals surface area contributed by atoms with Gasteiger partial charge in [-0.3, -0.25) is 14.9 Å². The van der Waals surface area contributed by atoms with E-state index in [2.05, 4.69) is 0 Å². The highest BCUT2D eigenvalue weighted by atomic mass is 35.5. The van der Waals surface area contributed by atoms with Gasteiger partial charge in [0.15, 0.2) is 0 Å². The van der Waals surface area contributed by atoms with Crippen LogP contribution in [0.25, 0.3) is 0 Å². The molecule has 0 aromatic heterocycles. The average Bonchev–Trinajstić information content (AvgIpc) is 0.840. The van der Waals surface area contributed by atoms with Gasteiger partial charge in [0, 0.05) is 23.2 Å². The van der Waals surface area contributed by atoms with E-state index in [0.29, 0.717) is 62.5 Å². The first kappa shape index (κ1) is 75.9. The quantitative estimate of drug-likeness (QED) is 0.0259. The molecular formula is C79H60ClNO22. The smallest absolute Gasteiger partial charge is 0.339 e. The van der Waals surface area contributed by atoms with E-state index in [1.165, 1.54) is 72.8 Å². The van der Waals surface area contributed by atoms with Crippen LogP contribution in [0.1, 0.15) is 57.4 Å². The number of aliphatic carboxylic acids is 1. The molecule has 0 aliphatic carbocycles.